The maximum Gasteiger partial charge on any atom is 0.177 e. The number of Topliss-reactive ketones (excluding diaryl/α,β-unsaturated/α-hetero) is 1. The van der Waals surface area contributed by atoms with Gasteiger partial charge in [-0.25, -0.2) is 0 Å². The molecule has 0 saturated carbocycles. The fourth-order valence-electron chi connectivity index (χ4n) is 2.52. The van der Waals surface area contributed by atoms with Crippen molar-refractivity contribution in [2.75, 3.05) is 13.1 Å². The number of nitrogens with zero attached hydrogens (tertiary/aromatic N) is 1. The highest BCUT2D eigenvalue weighted by Gasteiger charge is 2.25. The molecule has 92 valence electrons. The van der Waals surface area contributed by atoms with Crippen molar-refractivity contribution in [2.24, 2.45) is 0 Å². The Morgan fingerprint density at radius 1 is 1.47 bits per heavy atom. The molecule has 1 aliphatic rings. The molecule has 1 fully saturated rings. The monoisotopic (exact) mass is 295 g/mol. The lowest BCUT2D eigenvalue weighted by molar-refractivity contribution is 0.0919. The number of ketones is 1. The minimum absolute atomic E-state index is 0.220. The highest BCUT2D eigenvalue weighted by Crippen LogP contribution is 2.22. The Balaban J connectivity index is 2.04. The van der Waals surface area contributed by atoms with Gasteiger partial charge in [0, 0.05) is 16.1 Å². The molecule has 1 saturated heterocycles. The van der Waals surface area contributed by atoms with Crippen LogP contribution in [0.2, 0.25) is 0 Å². The highest BCUT2D eigenvalue weighted by atomic mass is 79.9. The van der Waals surface area contributed by atoms with Crippen LogP contribution in [0, 0.1) is 0 Å². The average molecular weight is 296 g/mol. The lowest BCUT2D eigenvalue weighted by Gasteiger charge is -2.22. The van der Waals surface area contributed by atoms with Crippen LogP contribution >= 0.6 is 15.9 Å². The van der Waals surface area contributed by atoms with Crippen molar-refractivity contribution in [3.63, 3.8) is 0 Å². The first-order valence-electron chi connectivity index (χ1n) is 6.24. The van der Waals surface area contributed by atoms with Crippen molar-refractivity contribution in [3.8, 4) is 0 Å². The lowest BCUT2D eigenvalue weighted by Crippen LogP contribution is -2.34. The number of hydrogen-bond acceptors (Lipinski definition) is 2. The number of carbonyl (C=O) groups is 1. The third kappa shape index (κ3) is 2.96. The Morgan fingerprint density at radius 2 is 2.24 bits per heavy atom. The first-order valence-corrected chi connectivity index (χ1v) is 7.03. The summed E-state index contributed by atoms with van der Waals surface area (Å²) in [6, 6.07) is 8.27. The summed E-state index contributed by atoms with van der Waals surface area (Å²) in [5.41, 5.74) is 0.800. The van der Waals surface area contributed by atoms with Crippen molar-refractivity contribution >= 4 is 21.7 Å². The zero-order valence-electron chi connectivity index (χ0n) is 10.2. The highest BCUT2D eigenvalue weighted by molar-refractivity contribution is 9.10. The van der Waals surface area contributed by atoms with Gasteiger partial charge in [0.2, 0.25) is 0 Å². The van der Waals surface area contributed by atoms with Gasteiger partial charge in [0.25, 0.3) is 0 Å². The van der Waals surface area contributed by atoms with E-state index >= 15 is 0 Å². The molecule has 0 radical (unpaired) electrons. The van der Waals surface area contributed by atoms with Gasteiger partial charge in [-0.3, -0.25) is 9.69 Å². The Bertz CT molecular complexity index is 405. The van der Waals surface area contributed by atoms with Crippen LogP contribution in [0.3, 0.4) is 0 Å². The Morgan fingerprint density at radius 3 is 2.94 bits per heavy atom. The van der Waals surface area contributed by atoms with Gasteiger partial charge in [-0.1, -0.05) is 41.1 Å². The van der Waals surface area contributed by atoms with Gasteiger partial charge in [0.05, 0.1) is 6.54 Å². The van der Waals surface area contributed by atoms with Crippen LogP contribution in [0.1, 0.15) is 36.5 Å². The molecule has 17 heavy (non-hydrogen) atoms. The largest absolute Gasteiger partial charge is 0.293 e. The molecule has 1 heterocycles. The van der Waals surface area contributed by atoms with E-state index in [0.717, 1.165) is 23.0 Å². The molecular formula is C14H18BrNO. The second kappa shape index (κ2) is 5.78. The molecule has 2 rings (SSSR count). The van der Waals surface area contributed by atoms with Gasteiger partial charge in [0.15, 0.2) is 5.78 Å². The molecule has 0 N–H and O–H groups in total. The van der Waals surface area contributed by atoms with Gasteiger partial charge in [-0.05, 0) is 31.9 Å². The number of benzene rings is 1. The third-order valence-electron chi connectivity index (χ3n) is 3.49. The average Bonchev–Trinajstić information content (AvgIpc) is 2.76. The topological polar surface area (TPSA) is 20.3 Å². The molecule has 0 bridgehead atoms. The van der Waals surface area contributed by atoms with E-state index in [9.17, 15) is 4.79 Å². The minimum Gasteiger partial charge on any atom is -0.293 e. The quantitative estimate of drug-likeness (QED) is 0.793. The van der Waals surface area contributed by atoms with Crippen LogP contribution in [0.5, 0.6) is 0 Å². The fraction of sp³-hybridized carbons (Fsp3) is 0.500. The number of carbonyl (C=O) groups excluding carboxylic acids is 1. The van der Waals surface area contributed by atoms with Crippen molar-refractivity contribution in [1.29, 1.82) is 0 Å². The summed E-state index contributed by atoms with van der Waals surface area (Å²) in [6.45, 7) is 3.82. The summed E-state index contributed by atoms with van der Waals surface area (Å²) >= 11 is 3.44. The van der Waals surface area contributed by atoms with E-state index in [0.29, 0.717) is 12.6 Å². The molecule has 0 aliphatic carbocycles. The zero-order valence-corrected chi connectivity index (χ0v) is 11.7. The van der Waals surface area contributed by atoms with E-state index in [1.807, 2.05) is 24.3 Å². The summed E-state index contributed by atoms with van der Waals surface area (Å²) < 4.78 is 0.900. The van der Waals surface area contributed by atoms with E-state index < -0.39 is 0 Å². The second-order valence-electron chi connectivity index (χ2n) is 4.58. The second-order valence-corrected chi connectivity index (χ2v) is 5.43. The van der Waals surface area contributed by atoms with Gasteiger partial charge >= 0.3 is 0 Å². The summed E-state index contributed by atoms with van der Waals surface area (Å²) in [6.07, 6.45) is 3.60. The molecule has 0 spiro atoms. The molecule has 3 heteroatoms. The molecule has 1 atom stereocenters. The maximum atomic E-state index is 12.2. The number of halogens is 1. The van der Waals surface area contributed by atoms with E-state index in [1.165, 1.54) is 12.8 Å². The van der Waals surface area contributed by atoms with E-state index in [1.54, 1.807) is 0 Å². The van der Waals surface area contributed by atoms with Crippen molar-refractivity contribution in [2.45, 2.75) is 32.2 Å². The molecule has 1 aromatic rings. The first kappa shape index (κ1) is 12.8. The standard InChI is InChI=1S/C14H18BrNO/c1-2-11-6-5-9-16(11)10-14(17)12-7-3-4-8-13(12)15/h3-4,7-8,11H,2,5-6,9-10H2,1H3. The Hall–Kier alpha value is -0.670. The van der Waals surface area contributed by atoms with Crippen LogP contribution in [-0.2, 0) is 0 Å². The summed E-state index contributed by atoms with van der Waals surface area (Å²) in [4.78, 5) is 14.5. The van der Waals surface area contributed by atoms with Crippen LogP contribution in [0.15, 0.2) is 28.7 Å². The normalized spacial score (nSPS) is 20.7. The van der Waals surface area contributed by atoms with Crippen molar-refractivity contribution in [3.05, 3.63) is 34.3 Å². The van der Waals surface area contributed by atoms with Crippen LogP contribution in [0.4, 0.5) is 0 Å². The van der Waals surface area contributed by atoms with Crippen LogP contribution in [0.25, 0.3) is 0 Å². The third-order valence-corrected chi connectivity index (χ3v) is 4.18. The molecule has 1 aromatic carbocycles. The molecule has 2 nitrogen and oxygen atoms in total. The molecule has 1 unspecified atom stereocenters. The number of likely N-dealkylation sites (tertiary alicyclic amines) is 1. The Labute approximate surface area is 111 Å². The van der Waals surface area contributed by atoms with Crippen LogP contribution < -0.4 is 0 Å². The van der Waals surface area contributed by atoms with Crippen molar-refractivity contribution in [1.82, 2.24) is 4.90 Å². The number of hydrogen-bond donors (Lipinski definition) is 0. The van der Waals surface area contributed by atoms with Gasteiger partial charge in [0.1, 0.15) is 0 Å². The smallest absolute Gasteiger partial charge is 0.177 e. The first-order chi connectivity index (χ1) is 8.22. The summed E-state index contributed by atoms with van der Waals surface area (Å²) in [7, 11) is 0. The van der Waals surface area contributed by atoms with Gasteiger partial charge in [-0.2, -0.15) is 0 Å². The van der Waals surface area contributed by atoms with E-state index in [-0.39, 0.29) is 5.78 Å². The predicted molar refractivity (Wildman–Crippen MR) is 73.4 cm³/mol. The van der Waals surface area contributed by atoms with Gasteiger partial charge < -0.3 is 0 Å². The van der Waals surface area contributed by atoms with Gasteiger partial charge in [-0.15, -0.1) is 0 Å². The number of rotatable bonds is 4. The molecular weight excluding hydrogens is 278 g/mol. The predicted octanol–water partition coefficient (Wildman–Crippen LogP) is 3.51. The van der Waals surface area contributed by atoms with E-state index in [2.05, 4.69) is 27.8 Å². The maximum absolute atomic E-state index is 12.2. The zero-order chi connectivity index (χ0) is 12.3. The lowest BCUT2D eigenvalue weighted by atomic mass is 10.1. The van der Waals surface area contributed by atoms with E-state index in [4.69, 9.17) is 0 Å². The van der Waals surface area contributed by atoms with Crippen molar-refractivity contribution < 1.29 is 4.79 Å². The SMILES string of the molecule is CCC1CCCN1CC(=O)c1ccccc1Br. The molecule has 0 amide bonds. The summed E-state index contributed by atoms with van der Waals surface area (Å²) in [5.74, 6) is 0.220. The van der Waals surface area contributed by atoms with Crippen LogP contribution in [-0.4, -0.2) is 29.8 Å². The molecule has 0 aromatic heterocycles. The summed E-state index contributed by atoms with van der Waals surface area (Å²) in [5, 5.41) is 0. The Kier molecular flexibility index (Phi) is 4.35. The fourth-order valence-corrected chi connectivity index (χ4v) is 3.03. The minimum atomic E-state index is 0.220. The molecule has 1 aliphatic heterocycles.